The van der Waals surface area contributed by atoms with Crippen LogP contribution in [0.1, 0.15) is 0 Å². The van der Waals surface area contributed by atoms with Crippen molar-refractivity contribution in [2.75, 3.05) is 0 Å². The molecule has 2 heteroatoms. The van der Waals surface area contributed by atoms with Crippen molar-refractivity contribution in [3.63, 3.8) is 0 Å². The molecule has 0 unspecified atom stereocenters. The molecule has 0 fully saturated rings. The maximum atomic E-state index is 3.94. The Morgan fingerprint density at radius 2 is 1.83 bits per heavy atom. The second-order valence-electron chi connectivity index (χ2n) is 2.31. The summed E-state index contributed by atoms with van der Waals surface area (Å²) in [5, 5.41) is 1.53. The van der Waals surface area contributed by atoms with Crippen molar-refractivity contribution in [3.05, 3.63) is 47.4 Å². The van der Waals surface area contributed by atoms with Crippen LogP contribution in [0.2, 0.25) is 0 Å². The van der Waals surface area contributed by atoms with Gasteiger partial charge in [-0.3, -0.25) is 0 Å². The largest absolute Gasteiger partial charge is 0.244 e. The lowest BCUT2D eigenvalue weighted by Crippen LogP contribution is -1.99. The second kappa shape index (κ2) is 4.23. The Bertz CT molecular complexity index is 324. The first-order valence-corrected chi connectivity index (χ1v) is 3.57. The molecular weight excluding hydrogens is 148 g/mol. The monoisotopic (exact) mass is 158 g/mol. The van der Waals surface area contributed by atoms with Gasteiger partial charge in [0.15, 0.2) is 0 Å². The predicted octanol–water partition coefficient (Wildman–Crippen LogP) is 0.422. The SMILES string of the molecule is C=c1ccccc(=C)ncnc1. The zero-order valence-electron chi connectivity index (χ0n) is 6.77. The van der Waals surface area contributed by atoms with Crippen LogP contribution in [-0.4, -0.2) is 9.97 Å². The zero-order chi connectivity index (χ0) is 8.81. The van der Waals surface area contributed by atoms with E-state index in [1.807, 2.05) is 18.2 Å². The summed E-state index contributed by atoms with van der Waals surface area (Å²) in [5.41, 5.74) is 0. The van der Waals surface area contributed by atoms with Crippen LogP contribution in [0.25, 0.3) is 13.2 Å². The van der Waals surface area contributed by atoms with Crippen molar-refractivity contribution >= 4 is 13.2 Å². The van der Waals surface area contributed by atoms with E-state index >= 15 is 0 Å². The first-order valence-electron chi connectivity index (χ1n) is 3.57. The van der Waals surface area contributed by atoms with E-state index in [1.165, 1.54) is 6.33 Å². The normalized spacial score (nSPS) is 8.67. The van der Waals surface area contributed by atoms with E-state index in [9.17, 15) is 0 Å². The number of rotatable bonds is 0. The van der Waals surface area contributed by atoms with E-state index in [0.29, 0.717) is 5.35 Å². The minimum atomic E-state index is 0.685. The maximum absolute atomic E-state index is 3.94. The van der Waals surface area contributed by atoms with Crippen molar-refractivity contribution in [2.24, 2.45) is 0 Å². The third kappa shape index (κ3) is 2.92. The van der Waals surface area contributed by atoms with Crippen LogP contribution in [0.3, 0.4) is 0 Å². The molecule has 0 aliphatic rings. The van der Waals surface area contributed by atoms with Crippen molar-refractivity contribution in [1.82, 2.24) is 9.97 Å². The summed E-state index contributed by atoms with van der Waals surface area (Å²) in [6.45, 7) is 7.45. The summed E-state index contributed by atoms with van der Waals surface area (Å²) in [6.07, 6.45) is 3.10. The third-order valence-corrected chi connectivity index (χ3v) is 1.24. The lowest BCUT2D eigenvalue weighted by atomic mass is 10.4. The molecule has 2 nitrogen and oxygen atoms in total. The molecule has 0 saturated carbocycles. The fourth-order valence-corrected chi connectivity index (χ4v) is 0.668. The molecule has 0 radical (unpaired) electrons. The van der Waals surface area contributed by atoms with Crippen LogP contribution in [0.15, 0.2) is 36.8 Å². The molecule has 60 valence electrons. The molecule has 0 N–H and O–H groups in total. The molecule has 0 aliphatic carbocycles. The highest BCUT2D eigenvalue weighted by molar-refractivity contribution is 5.03. The highest BCUT2D eigenvalue weighted by atomic mass is 14.8. The Balaban J connectivity index is 3.37. The lowest BCUT2D eigenvalue weighted by Gasteiger charge is -1.75. The molecule has 1 rings (SSSR count). The lowest BCUT2D eigenvalue weighted by molar-refractivity contribution is 1.16. The molecule has 0 aliphatic heterocycles. The van der Waals surface area contributed by atoms with E-state index in [1.54, 1.807) is 12.3 Å². The molecule has 0 saturated heterocycles. The summed E-state index contributed by atoms with van der Waals surface area (Å²) in [5.74, 6) is 0. The standard InChI is InChI=1S/C10H10N2/c1-9-5-3-4-6-10(2)12-8-11-7-9/h3-8H,1-2H2. The summed E-state index contributed by atoms with van der Waals surface area (Å²) < 4.78 is 0. The van der Waals surface area contributed by atoms with Crippen LogP contribution in [-0.2, 0) is 0 Å². The summed E-state index contributed by atoms with van der Waals surface area (Å²) >= 11 is 0. The van der Waals surface area contributed by atoms with Gasteiger partial charge in [0, 0.05) is 6.20 Å². The van der Waals surface area contributed by atoms with Gasteiger partial charge in [0.25, 0.3) is 0 Å². The van der Waals surface area contributed by atoms with Gasteiger partial charge in [0.2, 0.25) is 0 Å². The first-order chi connectivity index (χ1) is 5.79. The van der Waals surface area contributed by atoms with E-state index in [-0.39, 0.29) is 0 Å². The van der Waals surface area contributed by atoms with Crippen molar-refractivity contribution in [2.45, 2.75) is 0 Å². The molecule has 0 spiro atoms. The van der Waals surface area contributed by atoms with Gasteiger partial charge >= 0.3 is 0 Å². The number of hydrogen-bond donors (Lipinski definition) is 0. The van der Waals surface area contributed by atoms with Gasteiger partial charge < -0.3 is 0 Å². The molecule has 1 aromatic rings. The van der Waals surface area contributed by atoms with Gasteiger partial charge in [0.1, 0.15) is 6.33 Å². The number of nitrogens with zero attached hydrogens (tertiary/aromatic N) is 2. The molecule has 0 atom stereocenters. The molecule has 12 heavy (non-hydrogen) atoms. The highest BCUT2D eigenvalue weighted by Crippen LogP contribution is 1.65. The molecule has 0 aromatic carbocycles. The van der Waals surface area contributed by atoms with Crippen molar-refractivity contribution in [1.29, 1.82) is 0 Å². The Hall–Kier alpha value is -1.70. The second-order valence-corrected chi connectivity index (χ2v) is 2.31. The maximum Gasteiger partial charge on any atom is 0.115 e. The van der Waals surface area contributed by atoms with Gasteiger partial charge in [0.05, 0.1) is 5.35 Å². The predicted molar refractivity (Wildman–Crippen MR) is 50.0 cm³/mol. The van der Waals surface area contributed by atoms with Gasteiger partial charge in [-0.25, -0.2) is 9.97 Å². The molecule has 0 bridgehead atoms. The summed E-state index contributed by atoms with van der Waals surface area (Å²) in [6, 6.07) is 7.41. The molecule has 1 aromatic heterocycles. The smallest absolute Gasteiger partial charge is 0.115 e. The minimum Gasteiger partial charge on any atom is -0.244 e. The quantitative estimate of drug-likeness (QED) is 0.547. The van der Waals surface area contributed by atoms with Crippen LogP contribution in [0.4, 0.5) is 0 Å². The fraction of sp³-hybridized carbons (Fsp3) is 0. The minimum absolute atomic E-state index is 0.685. The number of hydrogen-bond acceptors (Lipinski definition) is 2. The Morgan fingerprint density at radius 1 is 1.08 bits per heavy atom. The Kier molecular flexibility index (Phi) is 2.96. The van der Waals surface area contributed by atoms with Crippen LogP contribution >= 0.6 is 0 Å². The zero-order valence-corrected chi connectivity index (χ0v) is 6.77. The number of aromatic nitrogens is 2. The van der Waals surface area contributed by atoms with Gasteiger partial charge in [-0.1, -0.05) is 31.4 Å². The van der Waals surface area contributed by atoms with E-state index in [4.69, 9.17) is 0 Å². The first kappa shape index (κ1) is 8.40. The van der Waals surface area contributed by atoms with Crippen LogP contribution < -0.4 is 10.6 Å². The fourth-order valence-electron chi connectivity index (χ4n) is 0.668. The van der Waals surface area contributed by atoms with E-state index < -0.39 is 0 Å². The van der Waals surface area contributed by atoms with Crippen LogP contribution in [0.5, 0.6) is 0 Å². The topological polar surface area (TPSA) is 25.8 Å². The highest BCUT2D eigenvalue weighted by Gasteiger charge is 1.67. The average Bonchev–Trinajstić information content (AvgIpc) is 2.06. The third-order valence-electron chi connectivity index (χ3n) is 1.24. The van der Waals surface area contributed by atoms with Crippen LogP contribution in [0, 0.1) is 0 Å². The van der Waals surface area contributed by atoms with Gasteiger partial charge in [-0.05, 0) is 11.3 Å². The molecule has 0 amide bonds. The summed E-state index contributed by atoms with van der Waals surface area (Å²) in [7, 11) is 0. The Labute approximate surface area is 71.3 Å². The molecule has 1 heterocycles. The van der Waals surface area contributed by atoms with Crippen molar-refractivity contribution in [3.8, 4) is 0 Å². The summed E-state index contributed by atoms with van der Waals surface area (Å²) in [4.78, 5) is 7.84. The Morgan fingerprint density at radius 3 is 2.67 bits per heavy atom. The molecular formula is C10H10N2. The van der Waals surface area contributed by atoms with E-state index in [0.717, 1.165) is 5.22 Å². The van der Waals surface area contributed by atoms with Gasteiger partial charge in [-0.15, -0.1) is 0 Å². The van der Waals surface area contributed by atoms with Gasteiger partial charge in [-0.2, -0.15) is 0 Å². The van der Waals surface area contributed by atoms with E-state index in [2.05, 4.69) is 23.1 Å². The van der Waals surface area contributed by atoms with Crippen molar-refractivity contribution < 1.29 is 0 Å². The average molecular weight is 158 g/mol.